The Balaban J connectivity index is -0.000000384. The molecule has 0 aromatic carbocycles. The zero-order valence-electron chi connectivity index (χ0n) is 75.7. The molecule has 0 saturated carbocycles. The molecule has 8 heterocycles. The van der Waals surface area contributed by atoms with Gasteiger partial charge in [0.05, 0.1) is 26.4 Å². The van der Waals surface area contributed by atoms with Gasteiger partial charge in [-0.1, -0.05) is 24.4 Å². The Morgan fingerprint density at radius 3 is 0.693 bits per heavy atom. The minimum atomic E-state index is -5.55. The first-order chi connectivity index (χ1) is 59.8. The smallest absolute Gasteiger partial charge is 0.726 e. The number of ether oxygens (including phenoxy) is 16. The number of amides is 4. The van der Waals surface area contributed by atoms with Gasteiger partial charge in [-0.15, -0.1) is 0 Å². The van der Waals surface area contributed by atoms with Crippen molar-refractivity contribution in [2.75, 3.05) is 33.5 Å². The van der Waals surface area contributed by atoms with E-state index in [1.54, 1.807) is 0 Å². The van der Waals surface area contributed by atoms with Crippen molar-refractivity contribution in [2.24, 2.45) is 0 Å². The SMILES string of the molecule is CO[C@H]1OC(CO)[C@@H](O[C@H]2[CH-][C@H](O)[C@@H](O[C@@H]3OC(COS(=O)(=O)[O-])[C@@H](O[C@H]4[CH-][C@H](O)[C@@H](O[C@@H]5OC(COS(=O)(=O)[O-])[C@@H](O[C@H]6[CH-][C@H](O)[C@@H](O[C@@H]7OC(CO)[C@@H](O[C@H]8[CH-][C@H](O)[C@H](O)[CH-]O8)[C@H](O)C7NC(C)=O)[CH-]O6)[C@H](O)C5NC(C)=O)[CH-]O4)[C@H](O)C3NC(C)=O)[CH-]O2)[C@H](O)C1NC(C)=O.O=C=O.O=C=O.O=C=O.O=C=O.O=S(=O)([O-])O.O=S(=O)([O-])O.O=S(=O)([O-])O.O=S(=O)([O-])O.[Na+].[Na+].[Na+].[Na+].[Na+].[Na+].[Na+].[Na+].[Na+].[Na+]. The molecule has 32 atom stereocenters. The van der Waals surface area contributed by atoms with E-state index in [1.807, 2.05) is 0 Å². The summed E-state index contributed by atoms with van der Waals surface area (Å²) in [5.41, 5.74) is 0. The molecule has 0 aromatic heterocycles. The molecule has 8 unspecified atom stereocenters. The van der Waals surface area contributed by atoms with Crippen LogP contribution in [-0.2, 0) is 204 Å². The van der Waals surface area contributed by atoms with Gasteiger partial charge in [-0.25, -0.2) is 76.2 Å². The van der Waals surface area contributed by atoms with Crippen molar-refractivity contribution in [3.63, 3.8) is 0 Å². The van der Waals surface area contributed by atoms with E-state index in [4.69, 9.17) is 184 Å². The Hall–Kier alpha value is 3.54. The number of nitrogens with one attached hydrogen (secondary N) is 4. The van der Waals surface area contributed by atoms with Gasteiger partial charge in [-0.2, -0.15) is 64.8 Å². The summed E-state index contributed by atoms with van der Waals surface area (Å²) in [5, 5.41) is 130. The van der Waals surface area contributed by atoms with Crippen molar-refractivity contribution in [2.45, 2.75) is 224 Å². The van der Waals surface area contributed by atoms with Crippen molar-refractivity contribution < 1.29 is 589 Å². The monoisotopic (exact) mass is 2250 g/mol. The van der Waals surface area contributed by atoms with Gasteiger partial charge in [0.2, 0.25) is 86.0 Å². The molecule has 8 fully saturated rings. The molecule has 8 rings (SSSR count). The first-order valence-corrected chi connectivity index (χ1v) is 42.3. The van der Waals surface area contributed by atoms with Gasteiger partial charge in [-0.05, 0) is 24.4 Å². The van der Waals surface area contributed by atoms with Crippen molar-refractivity contribution in [3.05, 3.63) is 52.1 Å². The van der Waals surface area contributed by atoms with Crippen LogP contribution in [0.2, 0.25) is 0 Å². The minimum absolute atomic E-state index is 0. The number of aliphatic hydroxyl groups excluding tert-OH is 11. The number of aliphatic hydroxyl groups is 11. The van der Waals surface area contributed by atoms with E-state index in [9.17, 15) is 101 Å². The molecule has 4 amide bonds. The van der Waals surface area contributed by atoms with Crippen LogP contribution in [0.1, 0.15) is 27.7 Å². The van der Waals surface area contributed by atoms with E-state index in [2.05, 4.69) is 29.6 Å². The predicted molar refractivity (Wildman–Crippen MR) is 369 cm³/mol. The predicted octanol–water partition coefficient (Wildman–Crippen LogP) is -48.0. The maximum Gasteiger partial charge on any atom is 1.00 e. The van der Waals surface area contributed by atoms with Gasteiger partial charge in [0.1, 0.15) is 97.4 Å². The van der Waals surface area contributed by atoms with Crippen molar-refractivity contribution >= 4 is 111 Å². The molecule has 0 aromatic rings. The molecule has 19 N–H and O–H groups in total. The van der Waals surface area contributed by atoms with E-state index >= 15 is 0 Å². The van der Waals surface area contributed by atoms with Crippen molar-refractivity contribution in [3.8, 4) is 0 Å². The zero-order chi connectivity index (χ0) is 101. The fraction of sp³-hybridized carbons (Fsp3) is 0.719. The topological polar surface area (TPSA) is 1070 Å². The molecule has 8 saturated heterocycles. The van der Waals surface area contributed by atoms with E-state index in [-0.39, 0.29) is 320 Å². The van der Waals surface area contributed by atoms with Crippen LogP contribution in [0.4, 0.5) is 0 Å². The summed E-state index contributed by atoms with van der Waals surface area (Å²) in [6.07, 6.45) is -42.3. The second kappa shape index (κ2) is 83.0. The third-order valence-corrected chi connectivity index (χ3v) is 16.6. The summed E-state index contributed by atoms with van der Waals surface area (Å²) < 4.78 is 303. The number of carbonyl (C=O) groups is 4. The van der Waals surface area contributed by atoms with Crippen LogP contribution in [0.15, 0.2) is 0 Å². The molecule has 67 nitrogen and oxygen atoms in total. The molecule has 8 aliphatic rings. The molecule has 0 bridgehead atoms. The molecule has 0 radical (unpaired) electrons. The number of hydrogen-bond donors (Lipinski definition) is 19. The molecule has 140 heavy (non-hydrogen) atoms. The second-order valence-corrected chi connectivity index (χ2v) is 30.6. The molecule has 0 aliphatic carbocycles. The van der Waals surface area contributed by atoms with Crippen LogP contribution >= 0.6 is 0 Å². The molecule has 758 valence electrons. The van der Waals surface area contributed by atoms with Crippen molar-refractivity contribution in [1.82, 2.24) is 21.3 Å². The first-order valence-electron chi connectivity index (χ1n) is 34.2. The largest absolute Gasteiger partial charge is 1.00 e. The van der Waals surface area contributed by atoms with E-state index in [0.29, 0.717) is 0 Å². The number of rotatable bonds is 27. The number of methoxy groups -OCH3 is 1. The van der Waals surface area contributed by atoms with Crippen LogP contribution in [0.25, 0.3) is 0 Å². The van der Waals surface area contributed by atoms with E-state index in [0.717, 1.165) is 79.8 Å². The third-order valence-electron chi connectivity index (χ3n) is 15.7. The average molecular weight is 2250 g/mol. The average Bonchev–Trinajstić information content (AvgIpc) is 0.788. The van der Waals surface area contributed by atoms with Gasteiger partial charge in [0.15, 0.2) is 25.2 Å². The Bertz CT molecular complexity index is 4140. The summed E-state index contributed by atoms with van der Waals surface area (Å²) in [5.74, 6) is -3.01. The van der Waals surface area contributed by atoms with Crippen LogP contribution in [-0.4, -0.2) is 431 Å². The summed E-state index contributed by atoms with van der Waals surface area (Å²) in [6, 6.07) is -6.22. The summed E-state index contributed by atoms with van der Waals surface area (Å²) in [4.78, 5) is 115. The van der Waals surface area contributed by atoms with Crippen LogP contribution < -0.4 is 317 Å². The fourth-order valence-electron chi connectivity index (χ4n) is 11.3. The summed E-state index contributed by atoms with van der Waals surface area (Å²) >= 11 is 0. The van der Waals surface area contributed by atoms with Gasteiger partial charge >= 0.3 is 320 Å². The van der Waals surface area contributed by atoms with E-state index < -0.39 is 309 Å². The van der Waals surface area contributed by atoms with E-state index in [1.165, 1.54) is 7.11 Å². The quantitative estimate of drug-likeness (QED) is 0.0157. The maximum atomic E-state index is 12.7. The van der Waals surface area contributed by atoms with Crippen LogP contribution in [0.3, 0.4) is 0 Å². The Kier molecular flexibility index (Phi) is 98.4. The Morgan fingerprint density at radius 2 is 0.507 bits per heavy atom. The van der Waals surface area contributed by atoms with Gasteiger partial charge in [-0.3, -0.25) is 45.8 Å². The first kappa shape index (κ1) is 166. The summed E-state index contributed by atoms with van der Waals surface area (Å²) in [7, 11) is -29.5. The second-order valence-electron chi connectivity index (χ2n) is 25.1. The molecule has 8 aliphatic heterocycles. The Morgan fingerprint density at radius 1 is 0.321 bits per heavy atom. The zero-order valence-corrected chi connectivity index (χ0v) is 101. The molecule has 83 heteroatoms. The van der Waals surface area contributed by atoms with Gasteiger partial charge < -0.3 is 181 Å². The van der Waals surface area contributed by atoms with Crippen LogP contribution in [0.5, 0.6) is 0 Å². The molecule has 0 spiro atoms. The Labute approximate surface area is 1020 Å². The minimum Gasteiger partial charge on any atom is -0.726 e. The van der Waals surface area contributed by atoms with Crippen molar-refractivity contribution in [1.29, 1.82) is 0 Å². The standard InChI is InChI=1S/C53H80N4O39S2.4CO2.10Na.4H2O4S/c1-18(60)54-38-42(69)46(27(10-58)86-50(38)79-5)94-35-7-23(65)30(14-81-35)89-52-40(56-20(3)62)44(71)49(33(91-52)17-85-98(76,77)78)96-37-9-25(67)31(15-83-37)90-53-41(57-21(4)63)45(72)48(32(92-53)16-84-97(73,74)75)95-36-8-24(66)29(13-82-36)88-51-39(55-19(2)61)43(70)47(28(11-59)87-51)93-34-6-22(64)26(68)12-80-34;4*2-1-3;;;;;;;;;;;4*1-5(2,3)4/h6-9,12-15,22-53,58-59,64-72H,10-11,16-17H2,1-5H3,(H,54,60)(H,55,61)(H,56,62)(H,57,63)(H,73,74,75)(H,76,77,78);;;;;;;;;;;;;;;4*(H2,1,2,3,4)/q-8;;;;;10*+1;;;;/p-6/t22-,23-,24-,25-,26+,27?,28?,29-,30-,31-,32?,33?,34-,35-,36-,37-,38?,39?,40?,41?,42+,43+,44+,45+,46+,47+,48+,49+,50-,51-,52+,53+;;;;;;;;;;;;;;;;;;/m0................../s1. The maximum absolute atomic E-state index is 12.7. The summed E-state index contributed by atoms with van der Waals surface area (Å²) in [6.45, 7) is 3.50. The fourth-order valence-corrected chi connectivity index (χ4v) is 11.9. The molecular formula is C57H82N4Na10O63S6-4. The normalized spacial score (nSPS) is 32.4. The third kappa shape index (κ3) is 71.6. The van der Waals surface area contributed by atoms with Crippen LogP contribution in [0, 0.1) is 52.1 Å². The number of hydrogen-bond acceptors (Lipinski definition) is 59. The molecular weight excluding hydrogens is 2170 g/mol. The van der Waals surface area contributed by atoms with Gasteiger partial charge in [0.25, 0.3) is 0 Å². The number of carbonyl (C=O) groups excluding carboxylic acids is 12. The van der Waals surface area contributed by atoms with Gasteiger partial charge in [0, 0.05) is 60.0 Å².